The van der Waals surface area contributed by atoms with Gasteiger partial charge in [0.1, 0.15) is 0 Å². The van der Waals surface area contributed by atoms with Gasteiger partial charge in [-0.25, -0.2) is 4.79 Å². The number of halogens is 1. The van der Waals surface area contributed by atoms with E-state index in [1.54, 1.807) is 31.2 Å². The number of carbonyl (C=O) groups is 2. The number of benzene rings is 3. The number of fused-ring (bicyclic) bond motifs is 1. The topological polar surface area (TPSA) is 60.3 Å². The van der Waals surface area contributed by atoms with Gasteiger partial charge in [0.25, 0.3) is 0 Å². The Morgan fingerprint density at radius 1 is 1.00 bits per heavy atom. The zero-order valence-corrected chi connectivity index (χ0v) is 19.7. The molecular weight excluding hydrogens is 456 g/mol. The molecule has 0 saturated carbocycles. The predicted octanol–water partition coefficient (Wildman–Crippen LogP) is 6.25. The van der Waals surface area contributed by atoms with E-state index < -0.39 is 0 Å². The van der Waals surface area contributed by atoms with E-state index in [-0.39, 0.29) is 17.6 Å². The van der Waals surface area contributed by atoms with Crippen LogP contribution in [0.2, 0.25) is 5.02 Å². The molecule has 0 fully saturated rings. The number of esters is 1. The molecule has 1 aromatic heterocycles. The van der Waals surface area contributed by atoms with E-state index in [0.717, 1.165) is 27.9 Å². The fourth-order valence-electron chi connectivity index (χ4n) is 3.49. The second kappa shape index (κ2) is 10.6. The average molecular weight is 479 g/mol. The van der Waals surface area contributed by atoms with Crippen LogP contribution >= 0.6 is 23.4 Å². The Morgan fingerprint density at radius 2 is 1.73 bits per heavy atom. The molecule has 33 heavy (non-hydrogen) atoms. The van der Waals surface area contributed by atoms with Crippen LogP contribution in [0.1, 0.15) is 22.8 Å². The third-order valence-corrected chi connectivity index (χ3v) is 6.35. The van der Waals surface area contributed by atoms with Crippen LogP contribution in [0.3, 0.4) is 0 Å². The lowest BCUT2D eigenvalue weighted by Gasteiger charge is -2.06. The fraction of sp³-hybridized carbons (Fsp3) is 0.154. The van der Waals surface area contributed by atoms with Gasteiger partial charge in [-0.05, 0) is 55.0 Å². The fourth-order valence-corrected chi connectivity index (χ4v) is 4.50. The Kier molecular flexibility index (Phi) is 7.37. The van der Waals surface area contributed by atoms with Crippen LogP contribution in [0, 0.1) is 0 Å². The molecule has 0 saturated heterocycles. The summed E-state index contributed by atoms with van der Waals surface area (Å²) >= 11 is 7.51. The summed E-state index contributed by atoms with van der Waals surface area (Å²) in [6.07, 6.45) is 2.09. The van der Waals surface area contributed by atoms with Crippen molar-refractivity contribution < 1.29 is 14.3 Å². The summed E-state index contributed by atoms with van der Waals surface area (Å²) < 4.78 is 7.17. The summed E-state index contributed by atoms with van der Waals surface area (Å²) in [4.78, 5) is 25.3. The molecule has 0 spiro atoms. The molecule has 1 amide bonds. The lowest BCUT2D eigenvalue weighted by atomic mass is 10.2. The van der Waals surface area contributed by atoms with Crippen molar-refractivity contribution in [1.82, 2.24) is 4.57 Å². The molecule has 0 aliphatic heterocycles. The first kappa shape index (κ1) is 23.0. The summed E-state index contributed by atoms with van der Waals surface area (Å²) in [5.74, 6) is -0.214. The van der Waals surface area contributed by atoms with Gasteiger partial charge in [0.2, 0.25) is 5.91 Å². The van der Waals surface area contributed by atoms with Gasteiger partial charge < -0.3 is 14.6 Å². The quantitative estimate of drug-likeness (QED) is 0.240. The largest absolute Gasteiger partial charge is 0.462 e. The lowest BCUT2D eigenvalue weighted by molar-refractivity contribution is -0.113. The minimum Gasteiger partial charge on any atom is -0.462 e. The Bertz CT molecular complexity index is 1270. The normalized spacial score (nSPS) is 10.8. The van der Waals surface area contributed by atoms with Gasteiger partial charge in [-0.3, -0.25) is 4.79 Å². The zero-order chi connectivity index (χ0) is 23.2. The van der Waals surface area contributed by atoms with Gasteiger partial charge in [0.05, 0.1) is 17.9 Å². The number of thioether (sulfide) groups is 1. The number of anilines is 1. The van der Waals surface area contributed by atoms with Crippen LogP contribution in [-0.2, 0) is 16.1 Å². The van der Waals surface area contributed by atoms with E-state index in [1.807, 2.05) is 36.4 Å². The standard InChI is InChI=1S/C26H23ClN2O3S/c1-2-32-26(31)19-9-13-21(14-10-19)28-25(30)17-33-24-16-29(23-6-4-3-5-22(23)24)15-18-7-11-20(27)12-8-18/h3-14,16H,2,15,17H2,1H3,(H,28,30). The number of hydrogen-bond acceptors (Lipinski definition) is 4. The molecular formula is C26H23ClN2O3S. The first-order chi connectivity index (χ1) is 16.0. The van der Waals surface area contributed by atoms with Crippen molar-refractivity contribution in [3.63, 3.8) is 0 Å². The SMILES string of the molecule is CCOC(=O)c1ccc(NC(=O)CSc2cn(Cc3ccc(Cl)cc3)c3ccccc23)cc1. The average Bonchev–Trinajstić information content (AvgIpc) is 3.17. The second-order valence-electron chi connectivity index (χ2n) is 7.40. The highest BCUT2D eigenvalue weighted by Crippen LogP contribution is 2.30. The third kappa shape index (κ3) is 5.78. The van der Waals surface area contributed by atoms with Crippen molar-refractivity contribution >= 4 is 51.8 Å². The first-order valence-corrected chi connectivity index (χ1v) is 11.9. The molecule has 0 radical (unpaired) electrons. The van der Waals surface area contributed by atoms with E-state index in [1.165, 1.54) is 11.8 Å². The van der Waals surface area contributed by atoms with E-state index >= 15 is 0 Å². The highest BCUT2D eigenvalue weighted by molar-refractivity contribution is 8.00. The van der Waals surface area contributed by atoms with Gasteiger partial charge in [0.15, 0.2) is 0 Å². The van der Waals surface area contributed by atoms with Gasteiger partial charge in [-0.2, -0.15) is 0 Å². The molecule has 3 aromatic carbocycles. The van der Waals surface area contributed by atoms with Crippen LogP contribution in [0.4, 0.5) is 5.69 Å². The summed E-state index contributed by atoms with van der Waals surface area (Å²) in [6.45, 7) is 2.81. The Balaban J connectivity index is 1.42. The van der Waals surface area contributed by atoms with Crippen LogP contribution in [0.15, 0.2) is 83.9 Å². The number of rotatable bonds is 8. The molecule has 4 aromatic rings. The monoisotopic (exact) mass is 478 g/mol. The van der Waals surface area contributed by atoms with Gasteiger partial charge >= 0.3 is 5.97 Å². The van der Waals surface area contributed by atoms with Crippen LogP contribution < -0.4 is 5.32 Å². The summed E-state index contributed by atoms with van der Waals surface area (Å²) in [5, 5.41) is 4.71. The lowest BCUT2D eigenvalue weighted by Crippen LogP contribution is -2.14. The van der Waals surface area contributed by atoms with E-state index in [9.17, 15) is 9.59 Å². The molecule has 0 aliphatic carbocycles. The minimum atomic E-state index is -0.374. The number of ether oxygens (including phenoxy) is 1. The van der Waals surface area contributed by atoms with Crippen LogP contribution in [-0.4, -0.2) is 28.8 Å². The van der Waals surface area contributed by atoms with E-state index in [4.69, 9.17) is 16.3 Å². The van der Waals surface area contributed by atoms with Crippen molar-refractivity contribution in [3.8, 4) is 0 Å². The molecule has 1 heterocycles. The summed E-state index contributed by atoms with van der Waals surface area (Å²) in [7, 11) is 0. The van der Waals surface area contributed by atoms with Crippen LogP contribution in [0.5, 0.6) is 0 Å². The van der Waals surface area contributed by atoms with Crippen molar-refractivity contribution in [3.05, 3.63) is 95.1 Å². The molecule has 0 aliphatic rings. The number of nitrogens with zero attached hydrogens (tertiary/aromatic N) is 1. The number of para-hydroxylation sites is 1. The van der Waals surface area contributed by atoms with E-state index in [2.05, 4.69) is 28.2 Å². The summed E-state index contributed by atoms with van der Waals surface area (Å²) in [5.41, 5.74) is 3.36. The third-order valence-electron chi connectivity index (χ3n) is 5.06. The van der Waals surface area contributed by atoms with Crippen molar-refractivity contribution in [2.24, 2.45) is 0 Å². The number of nitrogens with one attached hydrogen (secondary N) is 1. The van der Waals surface area contributed by atoms with Gasteiger partial charge in [-0.1, -0.05) is 41.9 Å². The molecule has 4 rings (SSSR count). The Morgan fingerprint density at radius 3 is 2.45 bits per heavy atom. The van der Waals surface area contributed by atoms with E-state index in [0.29, 0.717) is 22.9 Å². The molecule has 7 heteroatoms. The highest BCUT2D eigenvalue weighted by atomic mass is 35.5. The maximum absolute atomic E-state index is 12.5. The maximum Gasteiger partial charge on any atom is 0.338 e. The molecule has 0 atom stereocenters. The molecule has 0 bridgehead atoms. The first-order valence-electron chi connectivity index (χ1n) is 10.6. The van der Waals surface area contributed by atoms with Gasteiger partial charge in [0, 0.05) is 39.3 Å². The predicted molar refractivity (Wildman–Crippen MR) is 134 cm³/mol. The maximum atomic E-state index is 12.5. The number of hydrogen-bond donors (Lipinski definition) is 1. The minimum absolute atomic E-state index is 0.113. The van der Waals surface area contributed by atoms with Crippen molar-refractivity contribution in [2.45, 2.75) is 18.4 Å². The second-order valence-corrected chi connectivity index (χ2v) is 8.85. The summed E-state index contributed by atoms with van der Waals surface area (Å²) in [6, 6.07) is 22.7. The molecule has 5 nitrogen and oxygen atoms in total. The highest BCUT2D eigenvalue weighted by Gasteiger charge is 2.12. The molecule has 168 valence electrons. The van der Waals surface area contributed by atoms with Gasteiger partial charge in [-0.15, -0.1) is 11.8 Å². The number of amides is 1. The number of carbonyl (C=O) groups excluding carboxylic acids is 2. The smallest absolute Gasteiger partial charge is 0.338 e. The molecule has 0 unspecified atom stereocenters. The van der Waals surface area contributed by atoms with Crippen molar-refractivity contribution in [1.29, 1.82) is 0 Å². The Labute approximate surface area is 201 Å². The van der Waals surface area contributed by atoms with Crippen molar-refractivity contribution in [2.75, 3.05) is 17.7 Å². The Hall–Kier alpha value is -3.22. The number of aromatic nitrogens is 1. The zero-order valence-electron chi connectivity index (χ0n) is 18.1. The molecule has 1 N–H and O–H groups in total. The van der Waals surface area contributed by atoms with Crippen LogP contribution in [0.25, 0.3) is 10.9 Å².